The molecule has 0 unspecified atom stereocenters. The highest BCUT2D eigenvalue weighted by Crippen LogP contribution is 2.42. The number of halogens is 4. The number of aromatic nitrogens is 3. The summed E-state index contributed by atoms with van der Waals surface area (Å²) in [5, 5.41) is 3.11. The number of rotatable bonds is 4. The molecule has 3 aromatic rings. The normalized spacial score (nSPS) is 12.2. The first-order chi connectivity index (χ1) is 13.0. The second-order valence-corrected chi connectivity index (χ2v) is 8.07. The van der Waals surface area contributed by atoms with Crippen LogP contribution in [0.5, 0.6) is 0 Å². The Hall–Kier alpha value is -2.59. The van der Waals surface area contributed by atoms with Crippen molar-refractivity contribution in [3.05, 3.63) is 58.9 Å². The van der Waals surface area contributed by atoms with Crippen LogP contribution in [0.2, 0.25) is 5.02 Å². The summed E-state index contributed by atoms with van der Waals surface area (Å²) >= 11 is 5.89. The van der Waals surface area contributed by atoms with Gasteiger partial charge in [0, 0.05) is 24.9 Å². The fourth-order valence-electron chi connectivity index (χ4n) is 2.60. The van der Waals surface area contributed by atoms with E-state index >= 15 is 0 Å². The van der Waals surface area contributed by atoms with Gasteiger partial charge in [-0.2, -0.15) is 18.3 Å². The molecular weight excluding hydrogens is 417 g/mol. The molecule has 148 valence electrons. The second-order valence-electron chi connectivity index (χ2n) is 5.98. The number of aryl methyl sites for hydroxylation is 2. The first-order valence-electron chi connectivity index (χ1n) is 7.84. The minimum Gasteiger partial charge on any atom is -0.274 e. The van der Waals surface area contributed by atoms with Crippen molar-refractivity contribution in [2.75, 3.05) is 4.72 Å². The van der Waals surface area contributed by atoms with Crippen LogP contribution in [0.4, 0.5) is 19.0 Å². The lowest BCUT2D eigenvalue weighted by atomic mass is 10.0. The molecule has 0 aliphatic heterocycles. The van der Waals surface area contributed by atoms with E-state index in [9.17, 15) is 21.6 Å². The average molecular weight is 431 g/mol. The molecule has 0 aliphatic rings. The van der Waals surface area contributed by atoms with Gasteiger partial charge in [0.1, 0.15) is 16.3 Å². The quantitative estimate of drug-likeness (QED) is 0.670. The van der Waals surface area contributed by atoms with Gasteiger partial charge in [0.05, 0.1) is 16.9 Å². The van der Waals surface area contributed by atoms with Crippen LogP contribution >= 0.6 is 11.6 Å². The van der Waals surface area contributed by atoms with Crippen molar-refractivity contribution in [2.45, 2.75) is 18.0 Å². The highest BCUT2D eigenvalue weighted by molar-refractivity contribution is 7.92. The third-order valence-electron chi connectivity index (χ3n) is 3.89. The molecule has 0 amide bonds. The van der Waals surface area contributed by atoms with Crippen LogP contribution < -0.4 is 4.72 Å². The zero-order valence-electron chi connectivity index (χ0n) is 14.6. The average Bonchev–Trinajstić information content (AvgIpc) is 3.00. The fraction of sp³-hybridized carbons (Fsp3) is 0.176. The van der Waals surface area contributed by atoms with Gasteiger partial charge in [-0.3, -0.25) is 9.40 Å². The minimum atomic E-state index is -4.78. The van der Waals surface area contributed by atoms with Crippen molar-refractivity contribution < 1.29 is 21.6 Å². The van der Waals surface area contributed by atoms with Gasteiger partial charge < -0.3 is 0 Å². The largest absolute Gasteiger partial charge is 0.419 e. The van der Waals surface area contributed by atoms with E-state index in [0.29, 0.717) is 5.56 Å². The summed E-state index contributed by atoms with van der Waals surface area (Å²) in [6, 6.07) is 7.15. The predicted octanol–water partition coefficient (Wildman–Crippen LogP) is 4.26. The van der Waals surface area contributed by atoms with Crippen LogP contribution in [-0.4, -0.2) is 23.2 Å². The van der Waals surface area contributed by atoms with Crippen molar-refractivity contribution in [1.82, 2.24) is 14.8 Å². The number of hydrogen-bond donors (Lipinski definition) is 1. The lowest BCUT2D eigenvalue weighted by molar-refractivity contribution is -0.137. The van der Waals surface area contributed by atoms with Crippen LogP contribution in [0.3, 0.4) is 0 Å². The lowest BCUT2D eigenvalue weighted by Gasteiger charge is -2.17. The molecule has 0 radical (unpaired) electrons. The summed E-state index contributed by atoms with van der Waals surface area (Å²) in [6.07, 6.45) is -2.42. The zero-order valence-corrected chi connectivity index (χ0v) is 16.2. The van der Waals surface area contributed by atoms with E-state index < -0.39 is 32.5 Å². The predicted molar refractivity (Wildman–Crippen MR) is 98.4 cm³/mol. The zero-order chi connectivity index (χ0) is 20.7. The molecule has 0 bridgehead atoms. The molecule has 0 saturated heterocycles. The summed E-state index contributed by atoms with van der Waals surface area (Å²) in [4.78, 5) is 3.76. The highest BCUT2D eigenvalue weighted by atomic mass is 35.5. The van der Waals surface area contributed by atoms with Crippen LogP contribution in [0.25, 0.3) is 11.3 Å². The lowest BCUT2D eigenvalue weighted by Crippen LogP contribution is -2.16. The smallest absolute Gasteiger partial charge is 0.274 e. The van der Waals surface area contributed by atoms with Crippen molar-refractivity contribution in [1.29, 1.82) is 0 Å². The minimum absolute atomic E-state index is 0.162. The van der Waals surface area contributed by atoms with E-state index in [1.165, 1.54) is 24.0 Å². The molecule has 11 heteroatoms. The van der Waals surface area contributed by atoms with Gasteiger partial charge in [-0.25, -0.2) is 13.4 Å². The molecule has 1 aromatic carbocycles. The maximum absolute atomic E-state index is 13.6. The van der Waals surface area contributed by atoms with E-state index in [-0.39, 0.29) is 16.3 Å². The molecule has 3 rings (SSSR count). The number of hydrogen-bond acceptors (Lipinski definition) is 4. The number of alkyl halides is 3. The molecule has 0 aliphatic carbocycles. The molecule has 2 aromatic heterocycles. The number of sulfonamides is 1. The van der Waals surface area contributed by atoms with E-state index in [1.807, 2.05) is 0 Å². The summed E-state index contributed by atoms with van der Waals surface area (Å²) in [5.41, 5.74) is -0.863. The van der Waals surface area contributed by atoms with Gasteiger partial charge in [-0.1, -0.05) is 35.9 Å². The number of benzene rings is 1. The maximum Gasteiger partial charge on any atom is 0.419 e. The first-order valence-corrected chi connectivity index (χ1v) is 9.70. The Balaban J connectivity index is 2.16. The Kier molecular flexibility index (Phi) is 5.11. The molecule has 2 heterocycles. The molecule has 0 atom stereocenters. The van der Waals surface area contributed by atoms with E-state index in [4.69, 9.17) is 11.6 Å². The van der Waals surface area contributed by atoms with Crippen LogP contribution in [0, 0.1) is 6.92 Å². The topological polar surface area (TPSA) is 76.9 Å². The Morgan fingerprint density at radius 2 is 1.89 bits per heavy atom. The van der Waals surface area contributed by atoms with Gasteiger partial charge in [0.15, 0.2) is 0 Å². The molecular formula is C17H14ClF3N4O2S. The maximum atomic E-state index is 13.6. The standard InChI is InChI=1S/C17H14ClF3N4O2S/c1-10-5-3-4-6-12(10)16-15(17(19,20)21)13(18)7-14(23-16)24-28(26,27)11-8-22-25(2)9-11/h3-9H,1-2H3,(H,23,24). The van der Waals surface area contributed by atoms with Crippen molar-refractivity contribution in [3.63, 3.8) is 0 Å². The van der Waals surface area contributed by atoms with Gasteiger partial charge in [-0.15, -0.1) is 0 Å². The first kappa shape index (κ1) is 20.2. The summed E-state index contributed by atoms with van der Waals surface area (Å²) in [6.45, 7) is 1.62. The highest BCUT2D eigenvalue weighted by Gasteiger charge is 2.38. The number of pyridine rings is 1. The van der Waals surface area contributed by atoms with Gasteiger partial charge in [0.2, 0.25) is 0 Å². The molecule has 6 nitrogen and oxygen atoms in total. The molecule has 0 fully saturated rings. The Bertz CT molecular complexity index is 1140. The molecule has 1 N–H and O–H groups in total. The van der Waals surface area contributed by atoms with Gasteiger partial charge in [-0.05, 0) is 12.5 Å². The van der Waals surface area contributed by atoms with Crippen LogP contribution in [0.15, 0.2) is 47.6 Å². The fourth-order valence-corrected chi connectivity index (χ4v) is 3.88. The number of nitrogens with zero attached hydrogens (tertiary/aromatic N) is 3. The summed E-state index contributed by atoms with van der Waals surface area (Å²) in [5.74, 6) is -0.333. The summed E-state index contributed by atoms with van der Waals surface area (Å²) in [7, 11) is -2.57. The van der Waals surface area contributed by atoms with Crippen LogP contribution in [-0.2, 0) is 23.2 Å². The Labute approximate surface area is 164 Å². The van der Waals surface area contributed by atoms with Gasteiger partial charge >= 0.3 is 6.18 Å². The number of nitrogens with one attached hydrogen (secondary N) is 1. The Morgan fingerprint density at radius 3 is 2.46 bits per heavy atom. The molecule has 0 saturated carbocycles. The number of anilines is 1. The van der Waals surface area contributed by atoms with Crippen LogP contribution in [0.1, 0.15) is 11.1 Å². The Morgan fingerprint density at radius 1 is 1.21 bits per heavy atom. The van der Waals surface area contributed by atoms with Gasteiger partial charge in [0.25, 0.3) is 10.0 Å². The van der Waals surface area contributed by atoms with E-state index in [1.54, 1.807) is 25.1 Å². The third kappa shape index (κ3) is 3.97. The second kappa shape index (κ2) is 7.10. The third-order valence-corrected chi connectivity index (χ3v) is 5.49. The molecule has 28 heavy (non-hydrogen) atoms. The SMILES string of the molecule is Cc1ccccc1-c1nc(NS(=O)(=O)c2cnn(C)c2)cc(Cl)c1C(F)(F)F. The van der Waals surface area contributed by atoms with Crippen molar-refractivity contribution >= 4 is 27.4 Å². The van der Waals surface area contributed by atoms with Crippen molar-refractivity contribution in [3.8, 4) is 11.3 Å². The van der Waals surface area contributed by atoms with E-state index in [0.717, 1.165) is 12.3 Å². The monoisotopic (exact) mass is 430 g/mol. The molecule has 0 spiro atoms. The van der Waals surface area contributed by atoms with E-state index in [2.05, 4.69) is 14.8 Å². The van der Waals surface area contributed by atoms with Crippen molar-refractivity contribution in [2.24, 2.45) is 7.05 Å². The summed E-state index contributed by atoms with van der Waals surface area (Å²) < 4.78 is 69.1.